The van der Waals surface area contributed by atoms with Crippen LogP contribution in [0.25, 0.3) is 0 Å². The highest BCUT2D eigenvalue weighted by molar-refractivity contribution is 9.10. The molecular weight excluding hydrogens is 312 g/mol. The summed E-state index contributed by atoms with van der Waals surface area (Å²) in [5, 5.41) is 0. The Morgan fingerprint density at radius 2 is 2.43 bits per heavy atom. The molecule has 0 saturated carbocycles. The SMILES string of the molecule is Brc1occc1C(Br)Cc1ncc[nH]1. The molecule has 0 aliphatic carbocycles. The Morgan fingerprint density at radius 3 is 3.00 bits per heavy atom. The Morgan fingerprint density at radius 1 is 1.57 bits per heavy atom. The lowest BCUT2D eigenvalue weighted by atomic mass is 10.2. The maximum Gasteiger partial charge on any atom is 0.173 e. The predicted octanol–water partition coefficient (Wildman–Crippen LogP) is 3.44. The molecule has 0 bridgehead atoms. The lowest BCUT2D eigenvalue weighted by Crippen LogP contribution is -1.96. The molecule has 74 valence electrons. The number of aromatic nitrogens is 2. The maximum absolute atomic E-state index is 5.16. The van der Waals surface area contributed by atoms with E-state index in [9.17, 15) is 0 Å². The molecule has 1 atom stereocenters. The van der Waals surface area contributed by atoms with Gasteiger partial charge in [0.15, 0.2) is 4.67 Å². The van der Waals surface area contributed by atoms with Gasteiger partial charge in [0.1, 0.15) is 5.82 Å². The van der Waals surface area contributed by atoms with E-state index in [1.165, 1.54) is 0 Å². The van der Waals surface area contributed by atoms with Crippen LogP contribution in [0.2, 0.25) is 0 Å². The summed E-state index contributed by atoms with van der Waals surface area (Å²) in [5.41, 5.74) is 1.10. The van der Waals surface area contributed by atoms with Gasteiger partial charge in [0, 0.05) is 24.4 Å². The minimum atomic E-state index is 0.210. The number of imidazole rings is 1. The van der Waals surface area contributed by atoms with Crippen LogP contribution in [-0.2, 0) is 6.42 Å². The number of hydrogen-bond donors (Lipinski definition) is 1. The van der Waals surface area contributed by atoms with Crippen LogP contribution in [-0.4, -0.2) is 9.97 Å². The van der Waals surface area contributed by atoms with Gasteiger partial charge in [0.05, 0.1) is 11.1 Å². The van der Waals surface area contributed by atoms with Gasteiger partial charge in [-0.05, 0) is 22.0 Å². The summed E-state index contributed by atoms with van der Waals surface area (Å²) in [7, 11) is 0. The van der Waals surface area contributed by atoms with E-state index in [4.69, 9.17) is 4.42 Å². The van der Waals surface area contributed by atoms with Crippen molar-refractivity contribution in [3.8, 4) is 0 Å². The molecular formula is C9H8Br2N2O. The van der Waals surface area contributed by atoms with E-state index in [0.29, 0.717) is 0 Å². The number of H-pyrrole nitrogens is 1. The molecule has 2 aromatic heterocycles. The largest absolute Gasteiger partial charge is 0.457 e. The number of furan rings is 1. The maximum atomic E-state index is 5.16. The highest BCUT2D eigenvalue weighted by Crippen LogP contribution is 2.32. The van der Waals surface area contributed by atoms with Gasteiger partial charge in [-0.15, -0.1) is 0 Å². The second-order valence-electron chi connectivity index (χ2n) is 2.86. The summed E-state index contributed by atoms with van der Waals surface area (Å²) < 4.78 is 5.93. The van der Waals surface area contributed by atoms with Crippen molar-refractivity contribution >= 4 is 31.9 Å². The van der Waals surface area contributed by atoms with Gasteiger partial charge >= 0.3 is 0 Å². The van der Waals surface area contributed by atoms with Crippen molar-refractivity contribution in [1.29, 1.82) is 0 Å². The topological polar surface area (TPSA) is 41.8 Å². The molecule has 0 aliphatic heterocycles. The molecule has 0 amide bonds. The number of hydrogen-bond acceptors (Lipinski definition) is 2. The average molecular weight is 320 g/mol. The zero-order chi connectivity index (χ0) is 9.97. The molecule has 1 unspecified atom stereocenters. The van der Waals surface area contributed by atoms with E-state index >= 15 is 0 Å². The standard InChI is InChI=1S/C9H8Br2N2O/c10-7(5-8-12-2-3-13-8)6-1-4-14-9(6)11/h1-4,7H,5H2,(H,12,13). The quantitative estimate of drug-likeness (QED) is 0.880. The zero-order valence-electron chi connectivity index (χ0n) is 7.21. The van der Waals surface area contributed by atoms with Crippen LogP contribution in [0.1, 0.15) is 16.2 Å². The third kappa shape index (κ3) is 2.09. The molecule has 3 nitrogen and oxygen atoms in total. The van der Waals surface area contributed by atoms with Crippen LogP contribution >= 0.6 is 31.9 Å². The summed E-state index contributed by atoms with van der Waals surface area (Å²) in [5.74, 6) is 0.958. The molecule has 2 aromatic rings. The second kappa shape index (κ2) is 4.31. The van der Waals surface area contributed by atoms with E-state index in [2.05, 4.69) is 41.8 Å². The van der Waals surface area contributed by atoms with Gasteiger partial charge in [-0.2, -0.15) is 0 Å². The van der Waals surface area contributed by atoms with E-state index in [1.54, 1.807) is 12.5 Å². The van der Waals surface area contributed by atoms with E-state index < -0.39 is 0 Å². The van der Waals surface area contributed by atoms with Crippen LogP contribution < -0.4 is 0 Å². The first-order valence-electron chi connectivity index (χ1n) is 4.12. The highest BCUT2D eigenvalue weighted by Gasteiger charge is 2.14. The first kappa shape index (κ1) is 9.98. The molecule has 2 rings (SSSR count). The third-order valence-electron chi connectivity index (χ3n) is 1.91. The van der Waals surface area contributed by atoms with Gasteiger partial charge < -0.3 is 9.40 Å². The number of aromatic amines is 1. The minimum absolute atomic E-state index is 0.210. The Bertz CT molecular complexity index is 397. The molecule has 0 aliphatic rings. The fourth-order valence-corrected chi connectivity index (χ4v) is 2.71. The van der Waals surface area contributed by atoms with E-state index in [1.807, 2.05) is 12.3 Å². The Balaban J connectivity index is 2.10. The van der Waals surface area contributed by atoms with Gasteiger partial charge in [-0.1, -0.05) is 15.9 Å². The summed E-state index contributed by atoms with van der Waals surface area (Å²) >= 11 is 6.93. The monoisotopic (exact) mass is 318 g/mol. The zero-order valence-corrected chi connectivity index (χ0v) is 10.4. The molecule has 14 heavy (non-hydrogen) atoms. The molecule has 0 spiro atoms. The van der Waals surface area contributed by atoms with Crippen LogP contribution in [0, 0.1) is 0 Å². The number of rotatable bonds is 3. The predicted molar refractivity (Wildman–Crippen MR) is 60.4 cm³/mol. The fourth-order valence-electron chi connectivity index (χ4n) is 1.22. The molecule has 0 saturated heterocycles. The van der Waals surface area contributed by atoms with Crippen molar-refractivity contribution in [2.24, 2.45) is 0 Å². The number of halogens is 2. The van der Waals surface area contributed by atoms with Gasteiger partial charge in [-0.25, -0.2) is 4.98 Å². The Hall–Kier alpha value is -0.550. The van der Waals surface area contributed by atoms with E-state index in [0.717, 1.165) is 22.5 Å². The number of nitrogens with one attached hydrogen (secondary N) is 1. The van der Waals surface area contributed by atoms with Crippen LogP contribution in [0.5, 0.6) is 0 Å². The van der Waals surface area contributed by atoms with Crippen molar-refractivity contribution in [3.05, 3.63) is 40.8 Å². The second-order valence-corrected chi connectivity index (χ2v) is 4.68. The smallest absolute Gasteiger partial charge is 0.173 e. The number of nitrogens with zero attached hydrogens (tertiary/aromatic N) is 1. The summed E-state index contributed by atoms with van der Waals surface area (Å²) in [6.45, 7) is 0. The van der Waals surface area contributed by atoms with Gasteiger partial charge in [-0.3, -0.25) is 0 Å². The first-order chi connectivity index (χ1) is 6.77. The molecule has 5 heteroatoms. The Labute approximate surface area is 98.2 Å². The minimum Gasteiger partial charge on any atom is -0.457 e. The van der Waals surface area contributed by atoms with Crippen molar-refractivity contribution in [2.75, 3.05) is 0 Å². The van der Waals surface area contributed by atoms with E-state index in [-0.39, 0.29) is 4.83 Å². The molecule has 0 aromatic carbocycles. The highest BCUT2D eigenvalue weighted by atomic mass is 79.9. The van der Waals surface area contributed by atoms with Crippen molar-refractivity contribution in [1.82, 2.24) is 9.97 Å². The molecule has 2 heterocycles. The van der Waals surface area contributed by atoms with Crippen LogP contribution in [0.3, 0.4) is 0 Å². The summed E-state index contributed by atoms with van der Waals surface area (Å²) in [4.78, 5) is 7.44. The van der Waals surface area contributed by atoms with Crippen molar-refractivity contribution in [3.63, 3.8) is 0 Å². The lowest BCUT2D eigenvalue weighted by Gasteiger charge is -2.05. The molecule has 0 radical (unpaired) electrons. The van der Waals surface area contributed by atoms with Crippen LogP contribution in [0.15, 0.2) is 33.8 Å². The van der Waals surface area contributed by atoms with Crippen molar-refractivity contribution < 1.29 is 4.42 Å². The molecule has 0 fully saturated rings. The lowest BCUT2D eigenvalue weighted by molar-refractivity contribution is 0.536. The van der Waals surface area contributed by atoms with Gasteiger partial charge in [0.25, 0.3) is 0 Å². The molecule has 1 N–H and O–H groups in total. The summed E-state index contributed by atoms with van der Waals surface area (Å²) in [6.07, 6.45) is 6.04. The van der Waals surface area contributed by atoms with Crippen molar-refractivity contribution in [2.45, 2.75) is 11.2 Å². The number of alkyl halides is 1. The first-order valence-corrected chi connectivity index (χ1v) is 5.83. The third-order valence-corrected chi connectivity index (χ3v) is 3.37. The normalized spacial score (nSPS) is 13.0. The van der Waals surface area contributed by atoms with Gasteiger partial charge in [0.2, 0.25) is 0 Å². The fraction of sp³-hybridized carbons (Fsp3) is 0.222. The average Bonchev–Trinajstić information content (AvgIpc) is 2.75. The summed E-state index contributed by atoms with van der Waals surface area (Å²) in [6, 6.07) is 1.94. The Kier molecular flexibility index (Phi) is 3.08. The van der Waals surface area contributed by atoms with Crippen LogP contribution in [0.4, 0.5) is 0 Å².